The molecule has 1 fully saturated rings. The highest BCUT2D eigenvalue weighted by atomic mass is 35.5. The minimum absolute atomic E-state index is 0. The van der Waals surface area contributed by atoms with Gasteiger partial charge in [0.25, 0.3) is 0 Å². The molecule has 1 N–H and O–H groups in total. The number of benzene rings is 2. The highest BCUT2D eigenvalue weighted by Crippen LogP contribution is 2.25. The molecule has 0 bridgehead atoms. The molecule has 0 aliphatic carbocycles. The Balaban J connectivity index is 0.00000225. The van der Waals surface area contributed by atoms with Crippen LogP contribution in [0.3, 0.4) is 0 Å². The number of fused-ring (bicyclic) bond motifs is 1. The first-order valence-corrected chi connectivity index (χ1v) is 8.82. The van der Waals surface area contributed by atoms with Crippen molar-refractivity contribution in [2.45, 2.75) is 31.7 Å². The quantitative estimate of drug-likeness (QED) is 0.798. The van der Waals surface area contributed by atoms with Crippen molar-refractivity contribution in [1.29, 1.82) is 0 Å². The van der Waals surface area contributed by atoms with Gasteiger partial charge in [0, 0.05) is 24.9 Å². The van der Waals surface area contributed by atoms with Crippen LogP contribution in [0.2, 0.25) is 0 Å². The second-order valence-corrected chi connectivity index (χ2v) is 6.42. The van der Waals surface area contributed by atoms with Crippen LogP contribution in [0.5, 0.6) is 5.75 Å². The SMILES string of the molecule is CN(C(=O)CCCOc1cccc2ccccc12)C1CCNCC1.Cl. The van der Waals surface area contributed by atoms with E-state index < -0.39 is 0 Å². The van der Waals surface area contributed by atoms with Gasteiger partial charge in [-0.1, -0.05) is 36.4 Å². The number of nitrogens with zero attached hydrogens (tertiary/aromatic N) is 1. The summed E-state index contributed by atoms with van der Waals surface area (Å²) in [5.74, 6) is 1.12. The van der Waals surface area contributed by atoms with Gasteiger partial charge in [0.05, 0.1) is 6.61 Å². The van der Waals surface area contributed by atoms with E-state index >= 15 is 0 Å². The summed E-state index contributed by atoms with van der Waals surface area (Å²) in [5.41, 5.74) is 0. The first-order valence-electron chi connectivity index (χ1n) is 8.82. The number of amides is 1. The first kappa shape index (κ1) is 19.5. The molecular formula is C20H27ClN2O2. The van der Waals surface area contributed by atoms with Crippen molar-refractivity contribution in [2.24, 2.45) is 0 Å². The molecule has 5 heteroatoms. The summed E-state index contributed by atoms with van der Waals surface area (Å²) in [6.45, 7) is 2.58. The van der Waals surface area contributed by atoms with Crippen molar-refractivity contribution in [3.05, 3.63) is 42.5 Å². The molecule has 2 aromatic carbocycles. The molecule has 136 valence electrons. The van der Waals surface area contributed by atoms with Gasteiger partial charge in [-0.05, 0) is 43.8 Å². The van der Waals surface area contributed by atoms with Crippen LogP contribution < -0.4 is 10.1 Å². The average Bonchev–Trinajstić information content (AvgIpc) is 2.65. The molecule has 1 amide bonds. The maximum Gasteiger partial charge on any atom is 0.222 e. The second-order valence-electron chi connectivity index (χ2n) is 6.42. The lowest BCUT2D eigenvalue weighted by Gasteiger charge is -2.31. The largest absolute Gasteiger partial charge is 0.493 e. The fraction of sp³-hybridized carbons (Fsp3) is 0.450. The van der Waals surface area contributed by atoms with E-state index in [1.807, 2.05) is 36.2 Å². The van der Waals surface area contributed by atoms with E-state index in [2.05, 4.69) is 23.5 Å². The van der Waals surface area contributed by atoms with E-state index in [0.717, 1.165) is 43.5 Å². The van der Waals surface area contributed by atoms with Crippen LogP contribution in [0, 0.1) is 0 Å². The molecular weight excluding hydrogens is 336 g/mol. The number of carbonyl (C=O) groups excluding carboxylic acids is 1. The minimum Gasteiger partial charge on any atom is -0.493 e. The van der Waals surface area contributed by atoms with Gasteiger partial charge < -0.3 is 15.0 Å². The maximum atomic E-state index is 12.3. The Hall–Kier alpha value is -1.78. The van der Waals surface area contributed by atoms with Crippen molar-refractivity contribution in [3.63, 3.8) is 0 Å². The standard InChI is InChI=1S/C20H26N2O2.ClH/c1-22(17-11-13-21-14-12-17)20(23)10-5-15-24-19-9-4-7-16-6-2-3-8-18(16)19;/h2-4,6-9,17,21H,5,10-15H2,1H3;1H. The Labute approximate surface area is 155 Å². The molecule has 1 aliphatic rings. The maximum absolute atomic E-state index is 12.3. The van der Waals surface area contributed by atoms with Crippen LogP contribution in [0.15, 0.2) is 42.5 Å². The van der Waals surface area contributed by atoms with E-state index in [1.165, 1.54) is 5.39 Å². The van der Waals surface area contributed by atoms with Gasteiger partial charge in [-0.2, -0.15) is 0 Å². The van der Waals surface area contributed by atoms with Crippen LogP contribution in [-0.2, 0) is 4.79 Å². The van der Waals surface area contributed by atoms with Gasteiger partial charge in [0.15, 0.2) is 0 Å². The van der Waals surface area contributed by atoms with Crippen molar-refractivity contribution in [3.8, 4) is 5.75 Å². The number of hydrogen-bond acceptors (Lipinski definition) is 3. The molecule has 0 unspecified atom stereocenters. The van der Waals surface area contributed by atoms with Crippen LogP contribution >= 0.6 is 12.4 Å². The third-order valence-corrected chi connectivity index (χ3v) is 4.79. The van der Waals surface area contributed by atoms with Crippen LogP contribution in [0.4, 0.5) is 0 Å². The number of carbonyl (C=O) groups is 1. The Morgan fingerprint density at radius 1 is 1.16 bits per heavy atom. The summed E-state index contributed by atoms with van der Waals surface area (Å²) in [7, 11) is 1.93. The molecule has 3 rings (SSSR count). The van der Waals surface area contributed by atoms with Gasteiger partial charge >= 0.3 is 0 Å². The van der Waals surface area contributed by atoms with Crippen LogP contribution in [0.1, 0.15) is 25.7 Å². The van der Waals surface area contributed by atoms with E-state index in [1.54, 1.807) is 0 Å². The summed E-state index contributed by atoms with van der Waals surface area (Å²) in [6, 6.07) is 14.7. The molecule has 4 nitrogen and oxygen atoms in total. The monoisotopic (exact) mass is 362 g/mol. The van der Waals surface area contributed by atoms with Crippen molar-refractivity contribution in [1.82, 2.24) is 10.2 Å². The first-order chi connectivity index (χ1) is 11.8. The Kier molecular flexibility index (Phi) is 7.53. The summed E-state index contributed by atoms with van der Waals surface area (Å²) in [4.78, 5) is 14.2. The second kappa shape index (κ2) is 9.64. The van der Waals surface area contributed by atoms with Gasteiger partial charge in [-0.3, -0.25) is 4.79 Å². The third-order valence-electron chi connectivity index (χ3n) is 4.79. The lowest BCUT2D eigenvalue weighted by Crippen LogP contribution is -2.43. The Bertz CT molecular complexity index is 681. The Morgan fingerprint density at radius 3 is 2.68 bits per heavy atom. The third kappa shape index (κ3) is 5.10. The molecule has 0 saturated carbocycles. The molecule has 25 heavy (non-hydrogen) atoms. The molecule has 0 spiro atoms. The number of rotatable bonds is 6. The van der Waals surface area contributed by atoms with Crippen molar-refractivity contribution >= 4 is 29.1 Å². The molecule has 0 atom stereocenters. The summed E-state index contributed by atoms with van der Waals surface area (Å²) in [6.07, 6.45) is 3.39. The number of hydrogen-bond donors (Lipinski definition) is 1. The normalized spacial score (nSPS) is 14.8. The highest BCUT2D eigenvalue weighted by Gasteiger charge is 2.21. The zero-order chi connectivity index (χ0) is 16.8. The van der Waals surface area contributed by atoms with E-state index in [9.17, 15) is 4.79 Å². The van der Waals surface area contributed by atoms with E-state index in [0.29, 0.717) is 19.1 Å². The van der Waals surface area contributed by atoms with Crippen LogP contribution in [-0.4, -0.2) is 43.6 Å². The summed E-state index contributed by atoms with van der Waals surface area (Å²) < 4.78 is 5.91. The topological polar surface area (TPSA) is 41.6 Å². The predicted molar refractivity (Wildman–Crippen MR) is 105 cm³/mol. The fourth-order valence-electron chi connectivity index (χ4n) is 3.30. The minimum atomic E-state index is 0. The van der Waals surface area contributed by atoms with Gasteiger partial charge in [0.1, 0.15) is 5.75 Å². The predicted octanol–water partition coefficient (Wildman–Crippen LogP) is 3.63. The lowest BCUT2D eigenvalue weighted by molar-refractivity contribution is -0.132. The molecule has 1 heterocycles. The summed E-state index contributed by atoms with van der Waals surface area (Å²) in [5, 5.41) is 5.64. The van der Waals surface area contributed by atoms with Gasteiger partial charge in [0.2, 0.25) is 5.91 Å². The number of ether oxygens (including phenoxy) is 1. The number of piperidine rings is 1. The van der Waals surface area contributed by atoms with E-state index in [4.69, 9.17) is 4.74 Å². The number of halogens is 1. The van der Waals surface area contributed by atoms with Crippen molar-refractivity contribution < 1.29 is 9.53 Å². The highest BCUT2D eigenvalue weighted by molar-refractivity contribution is 5.88. The van der Waals surface area contributed by atoms with E-state index in [-0.39, 0.29) is 18.3 Å². The zero-order valence-electron chi connectivity index (χ0n) is 14.7. The zero-order valence-corrected chi connectivity index (χ0v) is 15.6. The smallest absolute Gasteiger partial charge is 0.222 e. The fourth-order valence-corrected chi connectivity index (χ4v) is 3.30. The molecule has 1 saturated heterocycles. The van der Waals surface area contributed by atoms with Crippen LogP contribution in [0.25, 0.3) is 10.8 Å². The average molecular weight is 363 g/mol. The number of nitrogens with one attached hydrogen (secondary N) is 1. The molecule has 1 aliphatic heterocycles. The van der Waals surface area contributed by atoms with Gasteiger partial charge in [-0.15, -0.1) is 12.4 Å². The molecule has 0 aromatic heterocycles. The molecule has 2 aromatic rings. The van der Waals surface area contributed by atoms with Crippen molar-refractivity contribution in [2.75, 3.05) is 26.7 Å². The lowest BCUT2D eigenvalue weighted by atomic mass is 10.0. The Morgan fingerprint density at radius 2 is 1.88 bits per heavy atom. The molecule has 0 radical (unpaired) electrons. The summed E-state index contributed by atoms with van der Waals surface area (Å²) >= 11 is 0. The van der Waals surface area contributed by atoms with Gasteiger partial charge in [-0.25, -0.2) is 0 Å².